The lowest BCUT2D eigenvalue weighted by Crippen LogP contribution is -2.16. The fourth-order valence-corrected chi connectivity index (χ4v) is 3.65. The molecule has 0 aliphatic carbocycles. The third kappa shape index (κ3) is 5.17. The van der Waals surface area contributed by atoms with Crippen LogP contribution in [0.2, 0.25) is 10.0 Å². The van der Waals surface area contributed by atoms with E-state index in [2.05, 4.69) is 10.0 Å². The Balaban J connectivity index is 2.35. The number of nitrogens with one attached hydrogen (secondary N) is 2. The molecule has 0 aromatic heterocycles. The summed E-state index contributed by atoms with van der Waals surface area (Å²) in [6, 6.07) is 8.34. The molecule has 2 rings (SSSR count). The largest absolute Gasteiger partial charge is 0.495 e. The number of hydrogen-bond donors (Lipinski definition) is 2. The Bertz CT molecular complexity index is 899. The summed E-state index contributed by atoms with van der Waals surface area (Å²) in [5, 5.41) is 3.01. The molecule has 0 aliphatic heterocycles. The molecule has 0 atom stereocenters. The van der Waals surface area contributed by atoms with E-state index in [1.165, 1.54) is 43.5 Å². The maximum Gasteiger partial charge on any atom is 0.411 e. The van der Waals surface area contributed by atoms with E-state index in [-0.39, 0.29) is 38.7 Å². The van der Waals surface area contributed by atoms with Crippen LogP contribution in [0.1, 0.15) is 6.92 Å². The Morgan fingerprint density at radius 2 is 1.77 bits per heavy atom. The van der Waals surface area contributed by atoms with E-state index in [0.29, 0.717) is 0 Å². The second-order valence-corrected chi connectivity index (χ2v) is 7.53. The van der Waals surface area contributed by atoms with Crippen LogP contribution in [0.5, 0.6) is 5.75 Å². The number of methoxy groups -OCH3 is 1. The van der Waals surface area contributed by atoms with Crippen LogP contribution < -0.4 is 14.8 Å². The molecule has 0 radical (unpaired) electrons. The van der Waals surface area contributed by atoms with E-state index < -0.39 is 16.1 Å². The molecule has 2 aromatic carbocycles. The van der Waals surface area contributed by atoms with Crippen molar-refractivity contribution in [2.75, 3.05) is 23.8 Å². The van der Waals surface area contributed by atoms with Gasteiger partial charge in [-0.15, -0.1) is 0 Å². The number of carbonyl (C=O) groups is 1. The molecule has 0 saturated carbocycles. The summed E-state index contributed by atoms with van der Waals surface area (Å²) in [5.74, 6) is 0.280. The van der Waals surface area contributed by atoms with Gasteiger partial charge in [-0.1, -0.05) is 23.2 Å². The summed E-state index contributed by atoms with van der Waals surface area (Å²) in [5.41, 5.74) is 0.358. The van der Waals surface area contributed by atoms with Crippen molar-refractivity contribution in [3.05, 3.63) is 46.4 Å². The molecule has 2 aromatic rings. The highest BCUT2D eigenvalue weighted by molar-refractivity contribution is 7.92. The first-order chi connectivity index (χ1) is 12.2. The van der Waals surface area contributed by atoms with Gasteiger partial charge in [0.05, 0.1) is 30.0 Å². The Morgan fingerprint density at radius 1 is 1.12 bits per heavy atom. The number of amides is 1. The smallest absolute Gasteiger partial charge is 0.411 e. The summed E-state index contributed by atoms with van der Waals surface area (Å²) in [4.78, 5) is 11.5. The summed E-state index contributed by atoms with van der Waals surface area (Å²) in [6.07, 6.45) is -0.727. The van der Waals surface area contributed by atoms with Crippen LogP contribution in [-0.4, -0.2) is 28.2 Å². The highest BCUT2D eigenvalue weighted by Gasteiger charge is 2.18. The number of benzene rings is 2. The van der Waals surface area contributed by atoms with Crippen molar-refractivity contribution in [1.82, 2.24) is 0 Å². The minimum atomic E-state index is -3.96. The minimum absolute atomic E-state index is 0.0961. The zero-order valence-electron chi connectivity index (χ0n) is 13.9. The number of sulfonamides is 1. The lowest BCUT2D eigenvalue weighted by Gasteiger charge is -2.13. The second-order valence-electron chi connectivity index (χ2n) is 4.97. The molecule has 0 aliphatic rings. The lowest BCUT2D eigenvalue weighted by atomic mass is 10.3. The van der Waals surface area contributed by atoms with E-state index in [4.69, 9.17) is 32.7 Å². The normalized spacial score (nSPS) is 10.9. The molecule has 2 N–H and O–H groups in total. The van der Waals surface area contributed by atoms with Gasteiger partial charge < -0.3 is 9.47 Å². The highest BCUT2D eigenvalue weighted by atomic mass is 35.5. The number of halogens is 2. The summed E-state index contributed by atoms with van der Waals surface area (Å²) >= 11 is 11.8. The van der Waals surface area contributed by atoms with Gasteiger partial charge in [-0.25, -0.2) is 13.2 Å². The maximum absolute atomic E-state index is 12.6. The first-order valence-corrected chi connectivity index (χ1v) is 9.60. The third-order valence-corrected chi connectivity index (χ3v) is 4.92. The first kappa shape index (κ1) is 20.2. The molecule has 140 valence electrons. The van der Waals surface area contributed by atoms with Gasteiger partial charge in [-0.2, -0.15) is 0 Å². The number of anilines is 2. The van der Waals surface area contributed by atoms with E-state index in [0.717, 1.165) is 0 Å². The maximum atomic E-state index is 12.6. The Morgan fingerprint density at radius 3 is 2.35 bits per heavy atom. The monoisotopic (exact) mass is 418 g/mol. The lowest BCUT2D eigenvalue weighted by molar-refractivity contribution is 0.168. The molecule has 1 amide bonds. The molecule has 0 heterocycles. The predicted molar refractivity (Wildman–Crippen MR) is 101 cm³/mol. The van der Waals surface area contributed by atoms with Crippen molar-refractivity contribution in [2.45, 2.75) is 11.8 Å². The third-order valence-electron chi connectivity index (χ3n) is 3.11. The Labute approximate surface area is 161 Å². The molecular weight excluding hydrogens is 403 g/mol. The van der Waals surface area contributed by atoms with Crippen molar-refractivity contribution in [1.29, 1.82) is 0 Å². The van der Waals surface area contributed by atoms with Crippen LogP contribution in [0, 0.1) is 0 Å². The van der Waals surface area contributed by atoms with Crippen molar-refractivity contribution in [3.8, 4) is 5.75 Å². The number of ether oxygens (including phenoxy) is 2. The fourth-order valence-electron chi connectivity index (χ4n) is 2.06. The molecule has 0 fully saturated rings. The van der Waals surface area contributed by atoms with Crippen LogP contribution >= 0.6 is 23.2 Å². The van der Waals surface area contributed by atoms with Gasteiger partial charge in [-0.3, -0.25) is 10.0 Å². The first-order valence-electron chi connectivity index (χ1n) is 7.36. The Hall–Kier alpha value is -2.16. The van der Waals surface area contributed by atoms with Gasteiger partial charge in [0, 0.05) is 10.0 Å². The van der Waals surface area contributed by atoms with Crippen LogP contribution in [0.3, 0.4) is 0 Å². The molecule has 10 heteroatoms. The van der Waals surface area contributed by atoms with Crippen molar-refractivity contribution in [3.63, 3.8) is 0 Å². The van der Waals surface area contributed by atoms with Crippen LogP contribution in [-0.2, 0) is 14.8 Å². The molecule has 26 heavy (non-hydrogen) atoms. The molecule has 7 nitrogen and oxygen atoms in total. The van der Waals surface area contributed by atoms with Crippen molar-refractivity contribution in [2.24, 2.45) is 0 Å². The van der Waals surface area contributed by atoms with Crippen LogP contribution in [0.4, 0.5) is 16.2 Å². The van der Waals surface area contributed by atoms with Gasteiger partial charge in [0.2, 0.25) is 0 Å². The molecule has 0 spiro atoms. The molecule has 0 unspecified atom stereocenters. The van der Waals surface area contributed by atoms with Gasteiger partial charge in [0.15, 0.2) is 0 Å². The second kappa shape index (κ2) is 8.48. The molecule has 0 bridgehead atoms. The number of hydrogen-bond acceptors (Lipinski definition) is 5. The summed E-state index contributed by atoms with van der Waals surface area (Å²) < 4.78 is 37.5. The highest BCUT2D eigenvalue weighted by Crippen LogP contribution is 2.29. The van der Waals surface area contributed by atoms with E-state index in [1.54, 1.807) is 6.92 Å². The van der Waals surface area contributed by atoms with Crippen LogP contribution in [0.25, 0.3) is 0 Å². The zero-order valence-corrected chi connectivity index (χ0v) is 16.2. The average Bonchev–Trinajstić information content (AvgIpc) is 2.53. The van der Waals surface area contributed by atoms with E-state index >= 15 is 0 Å². The van der Waals surface area contributed by atoms with E-state index in [1.807, 2.05) is 0 Å². The quantitative estimate of drug-likeness (QED) is 0.725. The standard InChI is InChI=1S/C16H16Cl2N2O5S/c1-3-25-16(21)19-14-9-13(4-5-15(14)24-2)26(22,23)20-12-7-10(17)6-11(18)8-12/h4-9,20H,3H2,1-2H3,(H,19,21). The topological polar surface area (TPSA) is 93.7 Å². The molecule has 0 saturated heterocycles. The summed E-state index contributed by atoms with van der Waals surface area (Å²) in [6.45, 7) is 1.82. The Kier molecular flexibility index (Phi) is 6.57. The van der Waals surface area contributed by atoms with Gasteiger partial charge >= 0.3 is 6.09 Å². The van der Waals surface area contributed by atoms with Crippen molar-refractivity contribution >= 4 is 50.7 Å². The van der Waals surface area contributed by atoms with Crippen molar-refractivity contribution < 1.29 is 22.7 Å². The average molecular weight is 419 g/mol. The summed E-state index contributed by atoms with van der Waals surface area (Å²) in [7, 11) is -2.56. The number of rotatable bonds is 6. The van der Waals surface area contributed by atoms with Gasteiger partial charge in [0.25, 0.3) is 10.0 Å². The van der Waals surface area contributed by atoms with E-state index in [9.17, 15) is 13.2 Å². The van der Waals surface area contributed by atoms with Gasteiger partial charge in [-0.05, 0) is 43.3 Å². The predicted octanol–water partition coefficient (Wildman–Crippen LogP) is 4.37. The minimum Gasteiger partial charge on any atom is -0.495 e. The van der Waals surface area contributed by atoms with Crippen LogP contribution in [0.15, 0.2) is 41.3 Å². The number of carbonyl (C=O) groups excluding carboxylic acids is 1. The SMILES string of the molecule is CCOC(=O)Nc1cc(S(=O)(=O)Nc2cc(Cl)cc(Cl)c2)ccc1OC. The molecular formula is C16H16Cl2N2O5S. The zero-order chi connectivity index (χ0) is 19.3. The fraction of sp³-hybridized carbons (Fsp3) is 0.188. The van der Waals surface area contributed by atoms with Gasteiger partial charge in [0.1, 0.15) is 5.75 Å².